The van der Waals surface area contributed by atoms with E-state index in [0.29, 0.717) is 31.0 Å². The predicted octanol–water partition coefficient (Wildman–Crippen LogP) is 4.84. The fourth-order valence-electron chi connectivity index (χ4n) is 3.15. The van der Waals surface area contributed by atoms with Gasteiger partial charge in [0.1, 0.15) is 29.4 Å². The topological polar surface area (TPSA) is 98.0 Å². The first kappa shape index (κ1) is 22.2. The summed E-state index contributed by atoms with van der Waals surface area (Å²) in [7, 11) is 0. The van der Waals surface area contributed by atoms with E-state index in [1.54, 1.807) is 0 Å². The van der Waals surface area contributed by atoms with Gasteiger partial charge in [-0.3, -0.25) is 9.59 Å². The van der Waals surface area contributed by atoms with Crippen molar-refractivity contribution in [2.45, 2.75) is 45.8 Å². The van der Waals surface area contributed by atoms with Crippen LogP contribution in [0, 0.1) is 0 Å². The standard InChI is InChI=1S/C24H27NO6/c1-3-29-19-9-7-17(8-10-19)15-30-20-11-12-21-18(13-20)14-22(31-21)16(2)25-23(26)5-4-6-24(27)28/h7-14,16H,3-6,15H2,1-2H3,(H,25,26)(H,27,28). The van der Waals surface area contributed by atoms with Crippen molar-refractivity contribution < 1.29 is 28.6 Å². The van der Waals surface area contributed by atoms with E-state index < -0.39 is 5.97 Å². The second kappa shape index (κ2) is 10.5. The Morgan fingerprint density at radius 1 is 1.03 bits per heavy atom. The number of carboxylic acids is 1. The minimum atomic E-state index is -0.904. The maximum Gasteiger partial charge on any atom is 0.303 e. The van der Waals surface area contributed by atoms with Gasteiger partial charge in [-0.05, 0) is 62.2 Å². The highest BCUT2D eigenvalue weighted by Crippen LogP contribution is 2.28. The summed E-state index contributed by atoms with van der Waals surface area (Å²) in [5.74, 6) is 1.08. The van der Waals surface area contributed by atoms with Gasteiger partial charge in [-0.2, -0.15) is 0 Å². The Morgan fingerprint density at radius 3 is 2.48 bits per heavy atom. The first-order valence-electron chi connectivity index (χ1n) is 10.3. The van der Waals surface area contributed by atoms with Gasteiger partial charge in [0.15, 0.2) is 0 Å². The number of rotatable bonds is 11. The molecular formula is C24H27NO6. The number of aliphatic carboxylic acids is 1. The zero-order valence-electron chi connectivity index (χ0n) is 17.7. The number of carboxylic acid groups (broad SMARTS) is 1. The van der Waals surface area contributed by atoms with Crippen molar-refractivity contribution in [3.63, 3.8) is 0 Å². The molecule has 2 N–H and O–H groups in total. The summed E-state index contributed by atoms with van der Waals surface area (Å²) in [5, 5.41) is 12.4. The molecule has 0 spiro atoms. The van der Waals surface area contributed by atoms with E-state index in [0.717, 1.165) is 22.4 Å². The monoisotopic (exact) mass is 425 g/mol. The van der Waals surface area contributed by atoms with Crippen LogP contribution in [0.5, 0.6) is 11.5 Å². The molecule has 1 amide bonds. The van der Waals surface area contributed by atoms with Gasteiger partial charge in [0, 0.05) is 18.2 Å². The van der Waals surface area contributed by atoms with Crippen molar-refractivity contribution in [3.05, 3.63) is 59.9 Å². The number of hydrogen-bond acceptors (Lipinski definition) is 5. The Bertz CT molecular complexity index is 1020. The SMILES string of the molecule is CCOc1ccc(COc2ccc3oc(C(C)NC(=O)CCCC(=O)O)cc3c2)cc1. The lowest BCUT2D eigenvalue weighted by Gasteiger charge is -2.10. The van der Waals surface area contributed by atoms with Gasteiger partial charge in [0.2, 0.25) is 5.91 Å². The maximum absolute atomic E-state index is 12.0. The largest absolute Gasteiger partial charge is 0.494 e. The van der Waals surface area contributed by atoms with Crippen molar-refractivity contribution >= 4 is 22.8 Å². The second-order valence-electron chi connectivity index (χ2n) is 7.25. The lowest BCUT2D eigenvalue weighted by atomic mass is 10.2. The number of ether oxygens (including phenoxy) is 2. The zero-order valence-corrected chi connectivity index (χ0v) is 17.7. The van der Waals surface area contributed by atoms with Crippen molar-refractivity contribution in [1.29, 1.82) is 0 Å². The summed E-state index contributed by atoms with van der Waals surface area (Å²) < 4.78 is 17.2. The lowest BCUT2D eigenvalue weighted by molar-refractivity contribution is -0.137. The molecule has 0 bridgehead atoms. The number of benzene rings is 2. The maximum atomic E-state index is 12.0. The van der Waals surface area contributed by atoms with Gasteiger partial charge < -0.3 is 24.3 Å². The molecule has 1 aromatic heterocycles. The molecule has 0 radical (unpaired) electrons. The molecule has 31 heavy (non-hydrogen) atoms. The van der Waals surface area contributed by atoms with Crippen LogP contribution in [0.3, 0.4) is 0 Å². The van der Waals surface area contributed by atoms with Crippen LogP contribution in [-0.2, 0) is 16.2 Å². The molecule has 1 heterocycles. The Kier molecular flexibility index (Phi) is 7.54. The van der Waals surface area contributed by atoms with E-state index in [9.17, 15) is 9.59 Å². The third kappa shape index (κ3) is 6.50. The number of amides is 1. The van der Waals surface area contributed by atoms with Crippen molar-refractivity contribution in [2.24, 2.45) is 0 Å². The third-order valence-electron chi connectivity index (χ3n) is 4.75. The molecule has 1 unspecified atom stereocenters. The van der Waals surface area contributed by atoms with Gasteiger partial charge in [0.25, 0.3) is 0 Å². The number of furan rings is 1. The van der Waals surface area contributed by atoms with Crippen LogP contribution >= 0.6 is 0 Å². The minimum Gasteiger partial charge on any atom is -0.494 e. The quantitative estimate of drug-likeness (QED) is 0.456. The molecular weight excluding hydrogens is 398 g/mol. The van der Waals surface area contributed by atoms with E-state index in [4.69, 9.17) is 19.0 Å². The highest BCUT2D eigenvalue weighted by atomic mass is 16.5. The number of fused-ring (bicyclic) bond motifs is 1. The van der Waals surface area contributed by atoms with Crippen LogP contribution in [0.2, 0.25) is 0 Å². The summed E-state index contributed by atoms with van der Waals surface area (Å²) in [6.45, 7) is 4.85. The molecule has 7 nitrogen and oxygen atoms in total. The highest BCUT2D eigenvalue weighted by Gasteiger charge is 2.15. The predicted molar refractivity (Wildman–Crippen MR) is 116 cm³/mol. The molecule has 0 aliphatic rings. The minimum absolute atomic E-state index is 0.0219. The lowest BCUT2D eigenvalue weighted by Crippen LogP contribution is -2.26. The molecule has 0 saturated carbocycles. The average Bonchev–Trinajstić information content (AvgIpc) is 3.17. The summed E-state index contributed by atoms with van der Waals surface area (Å²) >= 11 is 0. The van der Waals surface area contributed by atoms with Crippen LogP contribution in [-0.4, -0.2) is 23.6 Å². The highest BCUT2D eigenvalue weighted by molar-refractivity contribution is 5.80. The molecule has 2 aromatic carbocycles. The molecule has 3 rings (SSSR count). The number of nitrogens with one attached hydrogen (secondary N) is 1. The Labute approximate surface area is 181 Å². The first-order valence-corrected chi connectivity index (χ1v) is 10.3. The van der Waals surface area contributed by atoms with Gasteiger partial charge in [0.05, 0.1) is 12.6 Å². The van der Waals surface area contributed by atoms with Gasteiger partial charge in [-0.1, -0.05) is 12.1 Å². The van der Waals surface area contributed by atoms with Gasteiger partial charge in [-0.15, -0.1) is 0 Å². The van der Waals surface area contributed by atoms with E-state index in [1.165, 1.54) is 0 Å². The van der Waals surface area contributed by atoms with Crippen LogP contribution in [0.25, 0.3) is 11.0 Å². The van der Waals surface area contributed by atoms with E-state index in [2.05, 4.69) is 5.32 Å². The van der Waals surface area contributed by atoms with E-state index in [1.807, 2.05) is 62.4 Å². The van der Waals surface area contributed by atoms with Gasteiger partial charge >= 0.3 is 5.97 Å². The summed E-state index contributed by atoms with van der Waals surface area (Å²) in [5.41, 5.74) is 1.74. The summed E-state index contributed by atoms with van der Waals surface area (Å²) in [6, 6.07) is 14.9. The molecule has 0 aliphatic carbocycles. The molecule has 0 aliphatic heterocycles. The molecule has 1 atom stereocenters. The van der Waals surface area contributed by atoms with Gasteiger partial charge in [-0.25, -0.2) is 0 Å². The Balaban J connectivity index is 1.57. The zero-order chi connectivity index (χ0) is 22.2. The fourth-order valence-corrected chi connectivity index (χ4v) is 3.15. The normalized spacial score (nSPS) is 11.8. The number of carbonyl (C=O) groups is 2. The van der Waals surface area contributed by atoms with Crippen LogP contribution in [0.1, 0.15) is 50.5 Å². The van der Waals surface area contributed by atoms with Crippen LogP contribution in [0.15, 0.2) is 52.9 Å². The fraction of sp³-hybridized carbons (Fsp3) is 0.333. The van der Waals surface area contributed by atoms with E-state index >= 15 is 0 Å². The Morgan fingerprint density at radius 2 is 1.77 bits per heavy atom. The molecule has 0 fully saturated rings. The Hall–Kier alpha value is -3.48. The smallest absolute Gasteiger partial charge is 0.303 e. The molecule has 164 valence electrons. The van der Waals surface area contributed by atoms with Crippen LogP contribution < -0.4 is 14.8 Å². The second-order valence-corrected chi connectivity index (χ2v) is 7.25. The molecule has 7 heteroatoms. The van der Waals surface area contributed by atoms with Crippen LogP contribution in [0.4, 0.5) is 0 Å². The molecule has 0 saturated heterocycles. The molecule has 3 aromatic rings. The number of hydrogen-bond donors (Lipinski definition) is 2. The number of carbonyl (C=O) groups excluding carboxylic acids is 1. The van der Waals surface area contributed by atoms with E-state index in [-0.39, 0.29) is 24.8 Å². The third-order valence-corrected chi connectivity index (χ3v) is 4.75. The first-order chi connectivity index (χ1) is 14.9. The summed E-state index contributed by atoms with van der Waals surface area (Å²) in [4.78, 5) is 22.5. The average molecular weight is 425 g/mol. The van der Waals surface area contributed by atoms with Crippen molar-refractivity contribution in [2.75, 3.05) is 6.61 Å². The summed E-state index contributed by atoms with van der Waals surface area (Å²) in [6.07, 6.45) is 0.454. The van der Waals surface area contributed by atoms with Crippen molar-refractivity contribution in [3.8, 4) is 11.5 Å². The van der Waals surface area contributed by atoms with Crippen molar-refractivity contribution in [1.82, 2.24) is 5.32 Å².